The molecule has 0 bridgehead atoms. The summed E-state index contributed by atoms with van der Waals surface area (Å²) in [6.45, 7) is 2.80. The zero-order chi connectivity index (χ0) is 6.41. The van der Waals surface area contributed by atoms with Crippen molar-refractivity contribution in [3.8, 4) is 0 Å². The Morgan fingerprint density at radius 1 is 1.75 bits per heavy atom. The van der Waals surface area contributed by atoms with Crippen molar-refractivity contribution in [1.29, 1.82) is 0 Å². The van der Waals surface area contributed by atoms with Gasteiger partial charge in [-0.15, -0.1) is 0 Å². The number of hydrogen-bond donors (Lipinski definition) is 2. The van der Waals surface area contributed by atoms with Gasteiger partial charge in [-0.05, 0) is 14.0 Å². The van der Waals surface area contributed by atoms with E-state index in [1.54, 1.807) is 0 Å². The third-order valence-electron chi connectivity index (χ3n) is 0.663. The molecule has 3 heteroatoms. The lowest BCUT2D eigenvalue weighted by Crippen LogP contribution is -2.15. The molecule has 0 aromatic carbocycles. The van der Waals surface area contributed by atoms with Crippen LogP contribution < -0.4 is 5.32 Å². The molecule has 0 aliphatic heterocycles. The molecular weight excluding hydrogens is 106 g/mol. The van der Waals surface area contributed by atoms with E-state index in [1.807, 2.05) is 7.05 Å². The Morgan fingerprint density at radius 2 is 2.38 bits per heavy atom. The molecular formula is C5H12NO2. The van der Waals surface area contributed by atoms with Gasteiger partial charge in [0.2, 0.25) is 6.29 Å². The fraction of sp³-hybridized carbons (Fsp3) is 0.800. The van der Waals surface area contributed by atoms with Crippen LogP contribution in [0.3, 0.4) is 0 Å². The minimum atomic E-state index is 0.0280. The van der Waals surface area contributed by atoms with Gasteiger partial charge in [0, 0.05) is 6.54 Å². The Labute approximate surface area is 49.7 Å². The van der Waals surface area contributed by atoms with Gasteiger partial charge in [-0.3, -0.25) is 0 Å². The first-order valence-corrected chi connectivity index (χ1v) is 2.57. The molecule has 0 aliphatic rings. The van der Waals surface area contributed by atoms with E-state index in [1.165, 1.54) is 6.92 Å². The molecule has 0 rings (SSSR count). The highest BCUT2D eigenvalue weighted by Crippen LogP contribution is 1.89. The predicted molar refractivity (Wildman–Crippen MR) is 30.7 cm³/mol. The molecule has 0 atom stereocenters. The quantitative estimate of drug-likeness (QED) is 0.514. The highest BCUT2D eigenvalue weighted by atomic mass is 16.6. The number of hydrogen-bond acceptors (Lipinski definition) is 3. The van der Waals surface area contributed by atoms with E-state index < -0.39 is 0 Å². The number of aliphatic hydroxyl groups is 1. The summed E-state index contributed by atoms with van der Waals surface area (Å²) in [4.78, 5) is 0. The fourth-order valence-corrected chi connectivity index (χ4v) is 0.301. The van der Waals surface area contributed by atoms with E-state index in [-0.39, 0.29) is 6.29 Å². The normalized spacial score (nSPS) is 10.5. The van der Waals surface area contributed by atoms with E-state index in [0.29, 0.717) is 6.61 Å². The highest BCUT2D eigenvalue weighted by molar-refractivity contribution is 4.48. The van der Waals surface area contributed by atoms with Crippen molar-refractivity contribution < 1.29 is 9.84 Å². The van der Waals surface area contributed by atoms with Crippen LogP contribution in [-0.4, -0.2) is 25.3 Å². The SMILES string of the molecule is CNCCO[C](C)O. The molecule has 0 amide bonds. The van der Waals surface area contributed by atoms with Crippen LogP contribution in [0.25, 0.3) is 0 Å². The molecule has 0 aromatic rings. The summed E-state index contributed by atoms with van der Waals surface area (Å²) in [7, 11) is 1.83. The van der Waals surface area contributed by atoms with Crippen LogP contribution in [0.5, 0.6) is 0 Å². The van der Waals surface area contributed by atoms with Gasteiger partial charge in [0.05, 0.1) is 6.61 Å². The van der Waals surface area contributed by atoms with Crippen LogP contribution in [0.4, 0.5) is 0 Å². The Morgan fingerprint density at radius 3 is 2.75 bits per heavy atom. The molecule has 1 radical (unpaired) electrons. The number of nitrogens with one attached hydrogen (secondary N) is 1. The minimum Gasteiger partial charge on any atom is -0.362 e. The number of ether oxygens (including phenoxy) is 1. The second kappa shape index (κ2) is 5.03. The second-order valence-electron chi connectivity index (χ2n) is 1.47. The molecule has 0 fully saturated rings. The summed E-state index contributed by atoms with van der Waals surface area (Å²) in [5.41, 5.74) is 0. The summed E-state index contributed by atoms with van der Waals surface area (Å²) in [5, 5.41) is 11.3. The van der Waals surface area contributed by atoms with E-state index in [0.717, 1.165) is 6.54 Å². The Bertz CT molecular complexity index is 47.7. The molecule has 8 heavy (non-hydrogen) atoms. The highest BCUT2D eigenvalue weighted by Gasteiger charge is 1.92. The maximum Gasteiger partial charge on any atom is 0.217 e. The van der Waals surface area contributed by atoms with Crippen molar-refractivity contribution >= 4 is 0 Å². The monoisotopic (exact) mass is 118 g/mol. The summed E-state index contributed by atoms with van der Waals surface area (Å²) < 4.78 is 4.69. The number of likely N-dealkylation sites (N-methyl/N-ethyl adjacent to an activating group) is 1. The second-order valence-corrected chi connectivity index (χ2v) is 1.47. The van der Waals surface area contributed by atoms with E-state index in [9.17, 15) is 0 Å². The summed E-state index contributed by atoms with van der Waals surface area (Å²) in [5.74, 6) is 0. The molecule has 0 aliphatic carbocycles. The average molecular weight is 118 g/mol. The van der Waals surface area contributed by atoms with Crippen LogP contribution in [0.2, 0.25) is 0 Å². The number of rotatable bonds is 4. The van der Waals surface area contributed by atoms with Crippen LogP contribution in [-0.2, 0) is 4.74 Å². The van der Waals surface area contributed by atoms with E-state index in [4.69, 9.17) is 9.84 Å². The molecule has 0 aromatic heterocycles. The van der Waals surface area contributed by atoms with Crippen LogP contribution in [0.1, 0.15) is 6.92 Å². The van der Waals surface area contributed by atoms with Gasteiger partial charge >= 0.3 is 0 Å². The Hall–Kier alpha value is -0.120. The van der Waals surface area contributed by atoms with Crippen LogP contribution >= 0.6 is 0 Å². The first kappa shape index (κ1) is 7.88. The molecule has 2 N–H and O–H groups in total. The van der Waals surface area contributed by atoms with Gasteiger partial charge in [0.1, 0.15) is 0 Å². The standard InChI is InChI=1S/C5H12NO2/c1-5(7)8-4-3-6-2/h6-7H,3-4H2,1-2H3. The molecule has 0 heterocycles. The maximum absolute atomic E-state index is 8.45. The lowest BCUT2D eigenvalue weighted by molar-refractivity contribution is 0.0171. The summed E-state index contributed by atoms with van der Waals surface area (Å²) in [6, 6.07) is 0. The first-order valence-electron chi connectivity index (χ1n) is 2.57. The molecule has 0 saturated carbocycles. The van der Waals surface area contributed by atoms with Gasteiger partial charge in [-0.1, -0.05) is 0 Å². The zero-order valence-corrected chi connectivity index (χ0v) is 5.27. The van der Waals surface area contributed by atoms with Gasteiger partial charge in [0.15, 0.2) is 0 Å². The molecule has 0 saturated heterocycles. The number of aliphatic hydroxyl groups excluding tert-OH is 1. The van der Waals surface area contributed by atoms with Crippen molar-refractivity contribution in [1.82, 2.24) is 5.32 Å². The van der Waals surface area contributed by atoms with Crippen molar-refractivity contribution in [3.05, 3.63) is 6.29 Å². The smallest absolute Gasteiger partial charge is 0.217 e. The van der Waals surface area contributed by atoms with E-state index >= 15 is 0 Å². The fourth-order valence-electron chi connectivity index (χ4n) is 0.301. The van der Waals surface area contributed by atoms with Gasteiger partial charge in [0.25, 0.3) is 0 Å². The largest absolute Gasteiger partial charge is 0.362 e. The van der Waals surface area contributed by atoms with Gasteiger partial charge in [-0.2, -0.15) is 0 Å². The van der Waals surface area contributed by atoms with E-state index in [2.05, 4.69) is 5.32 Å². The predicted octanol–water partition coefficient (Wildman–Crippen LogP) is 0.104. The van der Waals surface area contributed by atoms with Crippen LogP contribution in [0, 0.1) is 6.29 Å². The van der Waals surface area contributed by atoms with Crippen molar-refractivity contribution in [2.24, 2.45) is 0 Å². The Kier molecular flexibility index (Phi) is 4.95. The Balaban J connectivity index is 2.72. The minimum absolute atomic E-state index is 0.0280. The van der Waals surface area contributed by atoms with Crippen molar-refractivity contribution in [3.63, 3.8) is 0 Å². The maximum atomic E-state index is 8.45. The van der Waals surface area contributed by atoms with Gasteiger partial charge < -0.3 is 15.2 Å². The molecule has 0 spiro atoms. The van der Waals surface area contributed by atoms with Crippen molar-refractivity contribution in [2.75, 3.05) is 20.2 Å². The average Bonchev–Trinajstić information content (AvgIpc) is 1.66. The van der Waals surface area contributed by atoms with Crippen molar-refractivity contribution in [2.45, 2.75) is 6.92 Å². The third kappa shape index (κ3) is 5.88. The van der Waals surface area contributed by atoms with Crippen LogP contribution in [0.15, 0.2) is 0 Å². The summed E-state index contributed by atoms with van der Waals surface area (Å²) >= 11 is 0. The molecule has 3 nitrogen and oxygen atoms in total. The summed E-state index contributed by atoms with van der Waals surface area (Å²) in [6.07, 6.45) is 0.0280. The third-order valence-corrected chi connectivity index (χ3v) is 0.663. The molecule has 49 valence electrons. The van der Waals surface area contributed by atoms with Gasteiger partial charge in [-0.25, -0.2) is 0 Å². The molecule has 0 unspecified atom stereocenters. The lowest BCUT2D eigenvalue weighted by Gasteiger charge is -2.02. The first-order chi connectivity index (χ1) is 3.77. The lowest BCUT2D eigenvalue weighted by atomic mass is 10.7. The zero-order valence-electron chi connectivity index (χ0n) is 5.27. The topological polar surface area (TPSA) is 41.5 Å².